The first-order chi connectivity index (χ1) is 15.0. The first kappa shape index (κ1) is 20.4. The van der Waals surface area contributed by atoms with Crippen molar-refractivity contribution in [3.8, 4) is 0 Å². The van der Waals surface area contributed by atoms with E-state index in [4.69, 9.17) is 28.5 Å². The van der Waals surface area contributed by atoms with Crippen LogP contribution in [0.25, 0.3) is 11.0 Å². The van der Waals surface area contributed by atoms with Crippen LogP contribution in [-0.4, -0.2) is 69.2 Å². The normalized spacial score (nSPS) is 17.5. The quantitative estimate of drug-likeness (QED) is 0.584. The van der Waals surface area contributed by atoms with Crippen LogP contribution in [0.3, 0.4) is 0 Å². The zero-order valence-corrected chi connectivity index (χ0v) is 17.9. The van der Waals surface area contributed by atoms with E-state index >= 15 is 0 Å². The molecule has 152 valence electrons. The van der Waals surface area contributed by atoms with Crippen molar-refractivity contribution < 1.29 is 0 Å². The number of anilines is 3. The molecule has 4 heterocycles. The summed E-state index contributed by atoms with van der Waals surface area (Å²) in [6, 6.07) is 2.63. The molecule has 1 saturated carbocycles. The number of nitrogens with zero attached hydrogens (tertiary/aromatic N) is 5. The van der Waals surface area contributed by atoms with Gasteiger partial charge in [-0.15, -0.1) is 0 Å². The van der Waals surface area contributed by atoms with Gasteiger partial charge in [0.15, 0.2) is 0 Å². The molecule has 1 aliphatic carbocycles. The van der Waals surface area contributed by atoms with Crippen LogP contribution < -0.4 is 32.1 Å². The highest BCUT2D eigenvalue weighted by Gasteiger charge is 2.22. The van der Waals surface area contributed by atoms with Gasteiger partial charge in [-0.1, -0.05) is 23.8 Å². The third-order valence-electron chi connectivity index (χ3n) is 6.40. The van der Waals surface area contributed by atoms with Gasteiger partial charge >= 0.3 is 0 Å². The van der Waals surface area contributed by atoms with Gasteiger partial charge in [0.1, 0.15) is 35.0 Å². The molecule has 0 unspecified atom stereocenters. The van der Waals surface area contributed by atoms with E-state index in [2.05, 4.69) is 43.1 Å². The predicted molar refractivity (Wildman–Crippen MR) is 129 cm³/mol. The first-order valence-corrected chi connectivity index (χ1v) is 10.9. The number of aryl methyl sites for hydroxylation is 1. The number of hydrogen-bond acceptors (Lipinski definition) is 6. The zero-order valence-electron chi connectivity index (χ0n) is 17.9. The van der Waals surface area contributed by atoms with Crippen molar-refractivity contribution in [2.45, 2.75) is 38.6 Å². The maximum atomic E-state index is 6.38. The van der Waals surface area contributed by atoms with Crippen LogP contribution >= 0.6 is 0 Å². The molecule has 0 spiro atoms. The summed E-state index contributed by atoms with van der Waals surface area (Å²) in [6.07, 6.45) is 6.73. The van der Waals surface area contributed by atoms with Gasteiger partial charge in [-0.2, -0.15) is 4.98 Å². The molecule has 0 amide bonds. The average molecular weight is 407 g/mol. The molecule has 2 aliphatic rings. The Morgan fingerprint density at radius 3 is 2.55 bits per heavy atom. The highest BCUT2D eigenvalue weighted by atomic mass is 15.2. The molecule has 3 aromatic heterocycles. The van der Waals surface area contributed by atoms with Gasteiger partial charge in [-0.3, -0.25) is 0 Å². The second kappa shape index (κ2) is 8.22. The van der Waals surface area contributed by atoms with E-state index in [1.165, 1.54) is 31.4 Å². The van der Waals surface area contributed by atoms with Gasteiger partial charge < -0.3 is 20.1 Å². The molecule has 5 rings (SSSR count). The van der Waals surface area contributed by atoms with Crippen LogP contribution in [0, 0.1) is 6.92 Å². The second-order valence-electron chi connectivity index (χ2n) is 8.45. The van der Waals surface area contributed by atoms with Crippen molar-refractivity contribution in [2.24, 2.45) is 0 Å². The summed E-state index contributed by atoms with van der Waals surface area (Å²) in [5, 5.41) is 7.49. The van der Waals surface area contributed by atoms with Gasteiger partial charge in [0.25, 0.3) is 0 Å². The van der Waals surface area contributed by atoms with E-state index in [0.717, 1.165) is 37.2 Å². The highest BCUT2D eigenvalue weighted by molar-refractivity contribution is 6.55. The van der Waals surface area contributed by atoms with Gasteiger partial charge in [-0.25, -0.2) is 9.97 Å². The van der Waals surface area contributed by atoms with E-state index in [0.29, 0.717) is 40.0 Å². The van der Waals surface area contributed by atoms with Gasteiger partial charge in [0, 0.05) is 60.8 Å². The molecule has 2 fully saturated rings. The van der Waals surface area contributed by atoms with Crippen molar-refractivity contribution in [1.82, 2.24) is 24.8 Å². The summed E-state index contributed by atoms with van der Waals surface area (Å²) in [7, 11) is 19.0. The molecule has 31 heavy (non-hydrogen) atoms. The molecular formula is C21H24B3N7. The van der Waals surface area contributed by atoms with Gasteiger partial charge in [-0.05, 0) is 25.8 Å². The van der Waals surface area contributed by atoms with Crippen LogP contribution in [0.5, 0.6) is 0 Å². The van der Waals surface area contributed by atoms with E-state index in [1.807, 2.05) is 6.20 Å². The maximum absolute atomic E-state index is 6.38. The Bertz CT molecular complexity index is 1120. The number of hydrogen-bond donors (Lipinski definition) is 2. The number of fused-ring (bicyclic) bond motifs is 1. The van der Waals surface area contributed by atoms with Crippen molar-refractivity contribution in [3.05, 3.63) is 18.0 Å². The van der Waals surface area contributed by atoms with Gasteiger partial charge in [0.05, 0.1) is 0 Å². The van der Waals surface area contributed by atoms with Gasteiger partial charge in [0.2, 0.25) is 5.95 Å². The molecule has 7 nitrogen and oxygen atoms in total. The lowest BCUT2D eigenvalue weighted by molar-refractivity contribution is 0.522. The van der Waals surface area contributed by atoms with Crippen LogP contribution in [-0.2, 0) is 0 Å². The predicted octanol–water partition coefficient (Wildman–Crippen LogP) is -0.216. The summed E-state index contributed by atoms with van der Waals surface area (Å²) in [4.78, 5) is 15.9. The molecule has 1 aliphatic heterocycles. The van der Waals surface area contributed by atoms with E-state index < -0.39 is 0 Å². The zero-order chi connectivity index (χ0) is 21.5. The fourth-order valence-corrected chi connectivity index (χ4v) is 4.87. The first-order valence-electron chi connectivity index (χ1n) is 10.9. The maximum Gasteiger partial charge on any atom is 0.230 e. The number of nitrogens with one attached hydrogen (secondary N) is 2. The minimum atomic E-state index is 0.349. The minimum Gasteiger partial charge on any atom is -0.369 e. The lowest BCUT2D eigenvalue weighted by atomic mass is 9.77. The van der Waals surface area contributed by atoms with E-state index in [1.54, 1.807) is 0 Å². The monoisotopic (exact) mass is 407 g/mol. The Morgan fingerprint density at radius 2 is 1.81 bits per heavy atom. The molecule has 1 saturated heterocycles. The third-order valence-corrected chi connectivity index (χ3v) is 6.40. The number of aromatic nitrogens is 4. The topological polar surface area (TPSA) is 70.9 Å². The highest BCUT2D eigenvalue weighted by Crippen LogP contribution is 2.34. The SMILES string of the molecule is [B]c1nc(Nc2ncc3cc(C)n(C4CCCC4)c3n2)c([B])c([B])c1N1CCNCC1. The molecular weight excluding hydrogens is 383 g/mol. The summed E-state index contributed by atoms with van der Waals surface area (Å²) < 4.78 is 2.34. The molecule has 2 N–H and O–H groups in total. The Morgan fingerprint density at radius 1 is 1.06 bits per heavy atom. The van der Waals surface area contributed by atoms with E-state index in [9.17, 15) is 0 Å². The Hall–Kier alpha value is -2.48. The van der Waals surface area contributed by atoms with Crippen LogP contribution in [0.15, 0.2) is 12.3 Å². The largest absolute Gasteiger partial charge is 0.369 e. The molecule has 6 radical (unpaired) electrons. The fraction of sp³-hybridized carbons (Fsp3) is 0.476. The second-order valence-corrected chi connectivity index (χ2v) is 8.45. The smallest absolute Gasteiger partial charge is 0.230 e. The summed E-state index contributed by atoms with van der Waals surface area (Å²) in [5.41, 5.74) is 3.98. The lowest BCUT2D eigenvalue weighted by Gasteiger charge is -2.33. The van der Waals surface area contributed by atoms with Crippen LogP contribution in [0.1, 0.15) is 37.4 Å². The fourth-order valence-electron chi connectivity index (χ4n) is 4.87. The Balaban J connectivity index is 1.48. The molecule has 0 aromatic carbocycles. The summed E-state index contributed by atoms with van der Waals surface area (Å²) >= 11 is 0. The van der Waals surface area contributed by atoms with Crippen molar-refractivity contribution >= 4 is 68.5 Å². The minimum absolute atomic E-state index is 0.349. The Labute approximate surface area is 186 Å². The molecule has 10 heteroatoms. The standard InChI is InChI=1S/C21H24B3N7/c1-12-10-13-11-26-21(29-20(13)31(12)14-4-2-3-5-14)28-19-16(23)15(22)17(18(24)27-19)30-8-6-25-7-9-30/h10-11,14,25H,2-9H2,1H3,(H,26,27,28,29). The summed E-state index contributed by atoms with van der Waals surface area (Å²) in [6.45, 7) is 5.47. The van der Waals surface area contributed by atoms with Crippen LogP contribution in [0.2, 0.25) is 0 Å². The molecule has 3 aromatic rings. The number of rotatable bonds is 4. The average Bonchev–Trinajstić information content (AvgIpc) is 3.39. The van der Waals surface area contributed by atoms with Crippen molar-refractivity contribution in [3.63, 3.8) is 0 Å². The number of piperazine rings is 1. The van der Waals surface area contributed by atoms with E-state index in [-0.39, 0.29) is 0 Å². The third kappa shape index (κ3) is 3.71. The summed E-state index contributed by atoms with van der Waals surface area (Å²) in [5.74, 6) is 0.807. The van der Waals surface area contributed by atoms with Crippen LogP contribution in [0.4, 0.5) is 17.5 Å². The van der Waals surface area contributed by atoms with Crippen molar-refractivity contribution in [2.75, 3.05) is 36.4 Å². The molecule has 0 bridgehead atoms. The Kier molecular flexibility index (Phi) is 5.42. The lowest BCUT2D eigenvalue weighted by Crippen LogP contribution is -2.50. The van der Waals surface area contributed by atoms with Crippen molar-refractivity contribution in [1.29, 1.82) is 0 Å². The number of pyridine rings is 1. The molecule has 0 atom stereocenters.